The van der Waals surface area contributed by atoms with Crippen molar-refractivity contribution in [2.24, 2.45) is 5.10 Å². The molecule has 0 saturated carbocycles. The quantitative estimate of drug-likeness (QED) is 0.862. The third-order valence-electron chi connectivity index (χ3n) is 4.98. The summed E-state index contributed by atoms with van der Waals surface area (Å²) in [5.41, 5.74) is 2.94. The van der Waals surface area contributed by atoms with Crippen molar-refractivity contribution in [1.29, 1.82) is 0 Å². The summed E-state index contributed by atoms with van der Waals surface area (Å²) in [6, 6.07) is 9.97. The Hall–Kier alpha value is -2.63. The number of carbonyl (C=O) groups is 1. The molecule has 1 atom stereocenters. The number of hydrogen-bond donors (Lipinski definition) is 0. The number of benzene rings is 1. The lowest BCUT2D eigenvalue weighted by Crippen LogP contribution is -2.38. The minimum Gasteiger partial charge on any atom is -0.334 e. The van der Waals surface area contributed by atoms with Crippen molar-refractivity contribution in [2.75, 3.05) is 18.1 Å². The van der Waals surface area contributed by atoms with Gasteiger partial charge in [-0.3, -0.25) is 14.5 Å². The van der Waals surface area contributed by atoms with Crippen LogP contribution in [0.15, 0.2) is 47.8 Å². The number of anilines is 1. The number of nitrogens with zero attached hydrogens (tertiary/aromatic N) is 5. The maximum atomic E-state index is 12.9. The van der Waals surface area contributed by atoms with Crippen LogP contribution in [0, 0.1) is 0 Å². The van der Waals surface area contributed by atoms with E-state index in [0.717, 1.165) is 55.9 Å². The molecule has 25 heavy (non-hydrogen) atoms. The average molecular weight is 337 g/mol. The highest BCUT2D eigenvalue weighted by Gasteiger charge is 2.29. The molecule has 0 N–H and O–H groups in total. The molecule has 2 aromatic rings. The molecule has 6 nitrogen and oxygen atoms in total. The number of amides is 1. The summed E-state index contributed by atoms with van der Waals surface area (Å²) in [5, 5.41) is 10.8. The smallest absolute Gasteiger partial charge is 0.254 e. The van der Waals surface area contributed by atoms with Gasteiger partial charge in [-0.25, -0.2) is 0 Å². The fourth-order valence-corrected chi connectivity index (χ4v) is 3.62. The molecule has 2 aliphatic rings. The molecule has 1 saturated heterocycles. The molecule has 1 aromatic carbocycles. The number of rotatable bonds is 4. The first-order valence-corrected chi connectivity index (χ1v) is 8.91. The maximum Gasteiger partial charge on any atom is 0.254 e. The van der Waals surface area contributed by atoms with E-state index in [0.29, 0.717) is 0 Å². The van der Waals surface area contributed by atoms with E-state index in [4.69, 9.17) is 0 Å². The molecule has 0 spiro atoms. The van der Waals surface area contributed by atoms with Crippen LogP contribution >= 0.6 is 0 Å². The second kappa shape index (κ2) is 6.70. The monoisotopic (exact) mass is 337 g/mol. The number of hydrogen-bond acceptors (Lipinski definition) is 4. The van der Waals surface area contributed by atoms with Gasteiger partial charge in [0.2, 0.25) is 0 Å². The Bertz CT molecular complexity index is 766. The predicted molar refractivity (Wildman–Crippen MR) is 97.8 cm³/mol. The van der Waals surface area contributed by atoms with Gasteiger partial charge in [-0.2, -0.15) is 10.2 Å². The van der Waals surface area contributed by atoms with E-state index in [2.05, 4.69) is 10.2 Å². The van der Waals surface area contributed by atoms with Crippen molar-refractivity contribution in [3.05, 3.63) is 48.3 Å². The molecule has 130 valence electrons. The van der Waals surface area contributed by atoms with Crippen molar-refractivity contribution < 1.29 is 4.79 Å². The van der Waals surface area contributed by atoms with Gasteiger partial charge in [0.05, 0.1) is 18.3 Å². The highest BCUT2D eigenvalue weighted by atomic mass is 16.2. The molecule has 2 aliphatic heterocycles. The summed E-state index contributed by atoms with van der Waals surface area (Å²) in [6.45, 7) is 4.54. The largest absolute Gasteiger partial charge is 0.334 e. The van der Waals surface area contributed by atoms with Gasteiger partial charge in [0.25, 0.3) is 5.91 Å². The summed E-state index contributed by atoms with van der Waals surface area (Å²) in [5.74, 6) is 0.113. The molecular weight excluding hydrogens is 314 g/mol. The third-order valence-corrected chi connectivity index (χ3v) is 4.98. The molecule has 1 fully saturated rings. The van der Waals surface area contributed by atoms with Gasteiger partial charge in [0.1, 0.15) is 0 Å². The SMILES string of the molecule is CC1=NN(c2ccc(C(=O)N3CCC[C@@H]3Cn3cccn3)cc2)CC1. The summed E-state index contributed by atoms with van der Waals surface area (Å²) < 4.78 is 1.91. The number of carbonyl (C=O) groups excluding carboxylic acids is 1. The van der Waals surface area contributed by atoms with Gasteiger partial charge >= 0.3 is 0 Å². The number of hydrazone groups is 1. The topological polar surface area (TPSA) is 53.7 Å². The van der Waals surface area contributed by atoms with Crippen molar-refractivity contribution >= 4 is 17.3 Å². The summed E-state index contributed by atoms with van der Waals surface area (Å²) >= 11 is 0. The first kappa shape index (κ1) is 15.9. The van der Waals surface area contributed by atoms with E-state index in [1.165, 1.54) is 0 Å². The minimum atomic E-state index is 0.113. The van der Waals surface area contributed by atoms with Crippen LogP contribution in [0.3, 0.4) is 0 Å². The Morgan fingerprint density at radius 3 is 2.76 bits per heavy atom. The fourth-order valence-electron chi connectivity index (χ4n) is 3.62. The summed E-state index contributed by atoms with van der Waals surface area (Å²) in [7, 11) is 0. The molecule has 4 rings (SSSR count). The van der Waals surface area contributed by atoms with Crippen LogP contribution < -0.4 is 5.01 Å². The second-order valence-corrected chi connectivity index (χ2v) is 6.78. The predicted octanol–water partition coefficient (Wildman–Crippen LogP) is 2.77. The van der Waals surface area contributed by atoms with Crippen LogP contribution in [0.25, 0.3) is 0 Å². The first-order valence-electron chi connectivity index (χ1n) is 8.91. The van der Waals surface area contributed by atoms with Crippen LogP contribution in [0.5, 0.6) is 0 Å². The lowest BCUT2D eigenvalue weighted by molar-refractivity contribution is 0.0721. The molecule has 3 heterocycles. The highest BCUT2D eigenvalue weighted by molar-refractivity contribution is 5.95. The van der Waals surface area contributed by atoms with E-state index in [1.54, 1.807) is 6.20 Å². The average Bonchev–Trinajstić information content (AvgIpc) is 3.37. The van der Waals surface area contributed by atoms with E-state index >= 15 is 0 Å². The van der Waals surface area contributed by atoms with Crippen molar-refractivity contribution in [3.63, 3.8) is 0 Å². The molecule has 0 unspecified atom stereocenters. The summed E-state index contributed by atoms with van der Waals surface area (Å²) in [4.78, 5) is 14.9. The van der Waals surface area contributed by atoms with Gasteiger partial charge in [0, 0.05) is 43.2 Å². The Kier molecular flexibility index (Phi) is 4.26. The number of aromatic nitrogens is 2. The van der Waals surface area contributed by atoms with E-state index in [1.807, 2.05) is 58.0 Å². The number of likely N-dealkylation sites (tertiary alicyclic amines) is 1. The van der Waals surface area contributed by atoms with Crippen LogP contribution in [-0.4, -0.2) is 45.4 Å². The lowest BCUT2D eigenvalue weighted by Gasteiger charge is -2.25. The third kappa shape index (κ3) is 3.29. The van der Waals surface area contributed by atoms with E-state index < -0.39 is 0 Å². The van der Waals surface area contributed by atoms with Gasteiger partial charge in [0.15, 0.2) is 0 Å². The van der Waals surface area contributed by atoms with Crippen molar-refractivity contribution in [3.8, 4) is 0 Å². The minimum absolute atomic E-state index is 0.113. The fraction of sp³-hybridized carbons (Fsp3) is 0.421. The zero-order valence-corrected chi connectivity index (χ0v) is 14.5. The van der Waals surface area contributed by atoms with Gasteiger partial charge in [-0.1, -0.05) is 0 Å². The zero-order valence-electron chi connectivity index (χ0n) is 14.5. The van der Waals surface area contributed by atoms with Gasteiger partial charge < -0.3 is 4.90 Å². The maximum absolute atomic E-state index is 12.9. The van der Waals surface area contributed by atoms with E-state index in [-0.39, 0.29) is 11.9 Å². The molecule has 0 bridgehead atoms. The highest BCUT2D eigenvalue weighted by Crippen LogP contribution is 2.24. The molecule has 0 radical (unpaired) electrons. The standard InChI is InChI=1S/C19H23N5O/c1-15-9-13-24(21-15)17-7-5-16(6-8-17)19(25)23-12-2-4-18(23)14-22-11-3-10-20-22/h3,5-8,10-11,18H,2,4,9,12-14H2,1H3/t18-/m1/s1. The zero-order chi connectivity index (χ0) is 17.2. The Morgan fingerprint density at radius 1 is 1.24 bits per heavy atom. The van der Waals surface area contributed by atoms with Crippen molar-refractivity contribution in [1.82, 2.24) is 14.7 Å². The molecule has 1 aromatic heterocycles. The first-order chi connectivity index (χ1) is 12.2. The second-order valence-electron chi connectivity index (χ2n) is 6.78. The lowest BCUT2D eigenvalue weighted by atomic mass is 10.1. The van der Waals surface area contributed by atoms with Crippen LogP contribution in [0.1, 0.15) is 36.5 Å². The van der Waals surface area contributed by atoms with Crippen LogP contribution in [-0.2, 0) is 6.54 Å². The van der Waals surface area contributed by atoms with Crippen molar-refractivity contribution in [2.45, 2.75) is 38.8 Å². The molecule has 0 aliphatic carbocycles. The molecule has 6 heteroatoms. The summed E-state index contributed by atoms with van der Waals surface area (Å²) in [6.07, 6.45) is 6.82. The van der Waals surface area contributed by atoms with Gasteiger partial charge in [-0.15, -0.1) is 0 Å². The Balaban J connectivity index is 1.46. The Labute approximate surface area is 147 Å². The normalized spacial score (nSPS) is 20.2. The van der Waals surface area contributed by atoms with Crippen LogP contribution in [0.4, 0.5) is 5.69 Å². The van der Waals surface area contributed by atoms with Crippen LogP contribution in [0.2, 0.25) is 0 Å². The molecule has 1 amide bonds. The van der Waals surface area contributed by atoms with Gasteiger partial charge in [-0.05, 0) is 50.1 Å². The molecular formula is C19H23N5O. The Morgan fingerprint density at radius 2 is 2.08 bits per heavy atom. The van der Waals surface area contributed by atoms with E-state index in [9.17, 15) is 4.79 Å².